The molecule has 3 aromatic rings. The Balaban J connectivity index is 1.63. The number of aliphatic imine (C=N–C) groups is 1. The minimum atomic E-state index is 0.331. The molecular weight excluding hydrogens is 300 g/mol. The zero-order valence-corrected chi connectivity index (χ0v) is 13.1. The van der Waals surface area contributed by atoms with Crippen molar-refractivity contribution in [3.8, 4) is 11.5 Å². The number of nitrogens with one attached hydrogen (secondary N) is 1. The van der Waals surface area contributed by atoms with Crippen LogP contribution in [0.5, 0.6) is 11.5 Å². The minimum absolute atomic E-state index is 0.331. The highest BCUT2D eigenvalue weighted by molar-refractivity contribution is 5.92. The summed E-state index contributed by atoms with van der Waals surface area (Å²) < 4.78 is 5.80. The number of aromatic nitrogens is 1. The van der Waals surface area contributed by atoms with Gasteiger partial charge in [-0.2, -0.15) is 0 Å². The van der Waals surface area contributed by atoms with Gasteiger partial charge in [0.05, 0.1) is 12.2 Å². The number of ether oxygens (including phenoxy) is 1. The van der Waals surface area contributed by atoms with Gasteiger partial charge in [-0.3, -0.25) is 4.98 Å². The number of hydrogen-bond donors (Lipinski definition) is 2. The van der Waals surface area contributed by atoms with Gasteiger partial charge < -0.3 is 15.8 Å². The van der Waals surface area contributed by atoms with Crippen LogP contribution in [0.1, 0.15) is 5.69 Å². The van der Waals surface area contributed by atoms with E-state index in [1.807, 2.05) is 72.8 Å². The quantitative estimate of drug-likeness (QED) is 0.554. The van der Waals surface area contributed by atoms with Gasteiger partial charge in [-0.05, 0) is 36.4 Å². The molecule has 5 heteroatoms. The SMILES string of the molecule is NC(=NCc1ccccn1)Nc1cccc(Oc2ccccc2)c1. The third kappa shape index (κ3) is 4.58. The number of rotatable bonds is 5. The molecule has 1 heterocycles. The number of nitrogens with zero attached hydrogens (tertiary/aromatic N) is 2. The molecule has 0 aliphatic heterocycles. The zero-order valence-electron chi connectivity index (χ0n) is 13.1. The first-order chi connectivity index (χ1) is 11.8. The monoisotopic (exact) mass is 318 g/mol. The van der Waals surface area contributed by atoms with E-state index in [2.05, 4.69) is 15.3 Å². The lowest BCUT2D eigenvalue weighted by Crippen LogP contribution is -2.22. The molecule has 1 aromatic heterocycles. The van der Waals surface area contributed by atoms with Crippen molar-refractivity contribution in [2.45, 2.75) is 6.54 Å². The van der Waals surface area contributed by atoms with Crippen molar-refractivity contribution >= 4 is 11.6 Å². The first kappa shape index (κ1) is 15.6. The predicted molar refractivity (Wildman–Crippen MR) is 96.1 cm³/mol. The van der Waals surface area contributed by atoms with E-state index in [1.54, 1.807) is 6.20 Å². The van der Waals surface area contributed by atoms with Gasteiger partial charge >= 0.3 is 0 Å². The fourth-order valence-electron chi connectivity index (χ4n) is 2.11. The predicted octanol–water partition coefficient (Wildman–Crippen LogP) is 3.80. The van der Waals surface area contributed by atoms with Crippen LogP contribution in [0.3, 0.4) is 0 Å². The average Bonchev–Trinajstić information content (AvgIpc) is 2.62. The van der Waals surface area contributed by atoms with Gasteiger partial charge in [-0.25, -0.2) is 4.99 Å². The molecule has 3 rings (SSSR count). The zero-order chi connectivity index (χ0) is 16.6. The topological polar surface area (TPSA) is 72.5 Å². The molecule has 0 bridgehead atoms. The van der Waals surface area contributed by atoms with Gasteiger partial charge in [0.2, 0.25) is 0 Å². The Labute approximate surface area is 140 Å². The van der Waals surface area contributed by atoms with Gasteiger partial charge in [-0.15, -0.1) is 0 Å². The number of nitrogens with two attached hydrogens (primary N) is 1. The fraction of sp³-hybridized carbons (Fsp3) is 0.0526. The van der Waals surface area contributed by atoms with Crippen molar-refractivity contribution < 1.29 is 4.74 Å². The Kier molecular flexibility index (Phi) is 5.04. The number of benzene rings is 2. The van der Waals surface area contributed by atoms with Crippen LogP contribution in [0.2, 0.25) is 0 Å². The van der Waals surface area contributed by atoms with Crippen LogP contribution in [0, 0.1) is 0 Å². The van der Waals surface area contributed by atoms with Gasteiger partial charge in [-0.1, -0.05) is 30.3 Å². The summed E-state index contributed by atoms with van der Waals surface area (Å²) in [6.45, 7) is 0.430. The Hall–Kier alpha value is -3.34. The highest BCUT2D eigenvalue weighted by Crippen LogP contribution is 2.23. The molecule has 0 atom stereocenters. The molecule has 3 N–H and O–H groups in total. The third-order valence-corrected chi connectivity index (χ3v) is 3.22. The van der Waals surface area contributed by atoms with Crippen LogP contribution in [0.25, 0.3) is 0 Å². The number of para-hydroxylation sites is 1. The lowest BCUT2D eigenvalue weighted by atomic mass is 10.3. The normalized spacial score (nSPS) is 11.1. The van der Waals surface area contributed by atoms with Crippen molar-refractivity contribution in [3.63, 3.8) is 0 Å². The highest BCUT2D eigenvalue weighted by Gasteiger charge is 2.00. The second-order valence-corrected chi connectivity index (χ2v) is 5.09. The van der Waals surface area contributed by atoms with Gasteiger partial charge in [0.1, 0.15) is 11.5 Å². The standard InChI is InChI=1S/C19H18N4O/c20-19(22-14-16-7-4-5-12-21-16)23-15-8-6-11-18(13-15)24-17-9-2-1-3-10-17/h1-13H,14H2,(H3,20,22,23). The molecular formula is C19H18N4O. The van der Waals surface area contributed by atoms with Crippen LogP contribution in [-0.4, -0.2) is 10.9 Å². The summed E-state index contributed by atoms with van der Waals surface area (Å²) in [6, 6.07) is 22.9. The van der Waals surface area contributed by atoms with Crippen molar-refractivity contribution in [1.29, 1.82) is 0 Å². The summed E-state index contributed by atoms with van der Waals surface area (Å²) in [7, 11) is 0. The number of anilines is 1. The Morgan fingerprint density at radius 3 is 2.54 bits per heavy atom. The number of guanidine groups is 1. The van der Waals surface area contributed by atoms with Crippen molar-refractivity contribution in [2.24, 2.45) is 10.7 Å². The lowest BCUT2D eigenvalue weighted by molar-refractivity contribution is 0.483. The third-order valence-electron chi connectivity index (χ3n) is 3.22. The number of pyridine rings is 1. The first-order valence-corrected chi connectivity index (χ1v) is 7.59. The van der Waals surface area contributed by atoms with Crippen molar-refractivity contribution in [3.05, 3.63) is 84.7 Å². The lowest BCUT2D eigenvalue weighted by Gasteiger charge is -2.09. The molecule has 0 saturated carbocycles. The molecule has 0 amide bonds. The Morgan fingerprint density at radius 2 is 1.75 bits per heavy atom. The average molecular weight is 318 g/mol. The summed E-state index contributed by atoms with van der Waals surface area (Å²) in [5, 5.41) is 3.06. The van der Waals surface area contributed by atoms with E-state index in [-0.39, 0.29) is 0 Å². The maximum Gasteiger partial charge on any atom is 0.193 e. The molecule has 2 aromatic carbocycles. The molecule has 0 fully saturated rings. The molecule has 24 heavy (non-hydrogen) atoms. The van der Waals surface area contributed by atoms with Crippen LogP contribution in [0.4, 0.5) is 5.69 Å². The molecule has 5 nitrogen and oxygen atoms in total. The summed E-state index contributed by atoms with van der Waals surface area (Å²) in [5.74, 6) is 1.84. The highest BCUT2D eigenvalue weighted by atomic mass is 16.5. The maximum atomic E-state index is 5.93. The van der Waals surface area contributed by atoms with Crippen LogP contribution in [0.15, 0.2) is 84.0 Å². The van der Waals surface area contributed by atoms with Crippen LogP contribution >= 0.6 is 0 Å². The molecule has 0 saturated heterocycles. The van der Waals surface area contributed by atoms with E-state index in [0.717, 1.165) is 22.9 Å². The van der Waals surface area contributed by atoms with Gasteiger partial charge in [0.25, 0.3) is 0 Å². The molecule has 0 aliphatic carbocycles. The van der Waals surface area contributed by atoms with E-state index in [0.29, 0.717) is 12.5 Å². The largest absolute Gasteiger partial charge is 0.457 e. The second kappa shape index (κ2) is 7.78. The molecule has 0 radical (unpaired) electrons. The fourth-order valence-corrected chi connectivity index (χ4v) is 2.11. The van der Waals surface area contributed by atoms with Crippen molar-refractivity contribution in [2.75, 3.05) is 5.32 Å². The summed E-state index contributed by atoms with van der Waals surface area (Å²) in [4.78, 5) is 8.49. The molecule has 120 valence electrons. The first-order valence-electron chi connectivity index (χ1n) is 7.59. The summed E-state index contributed by atoms with van der Waals surface area (Å²) in [6.07, 6.45) is 1.73. The van der Waals surface area contributed by atoms with E-state index in [1.165, 1.54) is 0 Å². The molecule has 0 aliphatic rings. The van der Waals surface area contributed by atoms with Gasteiger partial charge in [0, 0.05) is 18.0 Å². The molecule has 0 unspecified atom stereocenters. The van der Waals surface area contributed by atoms with E-state index >= 15 is 0 Å². The van der Waals surface area contributed by atoms with Crippen LogP contribution < -0.4 is 15.8 Å². The minimum Gasteiger partial charge on any atom is -0.457 e. The second-order valence-electron chi connectivity index (χ2n) is 5.09. The van der Waals surface area contributed by atoms with Crippen LogP contribution in [-0.2, 0) is 6.54 Å². The van der Waals surface area contributed by atoms with E-state index in [9.17, 15) is 0 Å². The summed E-state index contributed by atoms with van der Waals surface area (Å²) in [5.41, 5.74) is 7.60. The van der Waals surface area contributed by atoms with Gasteiger partial charge in [0.15, 0.2) is 5.96 Å². The summed E-state index contributed by atoms with van der Waals surface area (Å²) >= 11 is 0. The van der Waals surface area contributed by atoms with E-state index < -0.39 is 0 Å². The van der Waals surface area contributed by atoms with Crippen molar-refractivity contribution in [1.82, 2.24) is 4.98 Å². The smallest absolute Gasteiger partial charge is 0.193 e. The number of hydrogen-bond acceptors (Lipinski definition) is 3. The maximum absolute atomic E-state index is 5.93. The Bertz CT molecular complexity index is 804. The van der Waals surface area contributed by atoms with E-state index in [4.69, 9.17) is 10.5 Å². The Morgan fingerprint density at radius 1 is 0.958 bits per heavy atom. The molecule has 0 spiro atoms.